The Morgan fingerprint density at radius 2 is 1.56 bits per heavy atom. The van der Waals surface area contributed by atoms with Crippen molar-refractivity contribution in [2.45, 2.75) is 0 Å². The highest BCUT2D eigenvalue weighted by atomic mass is 127. The lowest BCUT2D eigenvalue weighted by atomic mass is 10.1. The Labute approximate surface area is 109 Å². The van der Waals surface area contributed by atoms with Crippen LogP contribution in [-0.2, 0) is 0 Å². The van der Waals surface area contributed by atoms with Crippen LogP contribution in [0, 0.1) is 3.57 Å². The molecule has 0 unspecified atom stereocenters. The highest BCUT2D eigenvalue weighted by Gasteiger charge is 1.90. The van der Waals surface area contributed by atoms with Crippen LogP contribution < -0.4 is 0 Å². The minimum absolute atomic E-state index is 0.298. The molecule has 0 aromatic heterocycles. The van der Waals surface area contributed by atoms with Gasteiger partial charge in [-0.15, -0.1) is 0 Å². The van der Waals surface area contributed by atoms with Crippen LogP contribution in [0.5, 0.6) is 5.75 Å². The predicted molar refractivity (Wildman–Crippen MR) is 76.2 cm³/mol. The van der Waals surface area contributed by atoms with Crippen LogP contribution in [0.1, 0.15) is 11.1 Å². The lowest BCUT2D eigenvalue weighted by molar-refractivity contribution is 0.475. The lowest BCUT2D eigenvalue weighted by Crippen LogP contribution is -1.74. The van der Waals surface area contributed by atoms with E-state index >= 15 is 0 Å². The Bertz CT molecular complexity index is 500. The fourth-order valence-corrected chi connectivity index (χ4v) is 1.96. The second-order valence-electron chi connectivity index (χ2n) is 3.48. The van der Waals surface area contributed by atoms with Gasteiger partial charge in [-0.3, -0.25) is 0 Å². The van der Waals surface area contributed by atoms with Crippen molar-refractivity contribution < 1.29 is 5.11 Å². The number of hydrogen-bond donors (Lipinski definition) is 1. The maximum Gasteiger partial charge on any atom is 0.115 e. The molecular weight excluding hydrogens is 311 g/mol. The number of benzene rings is 2. The van der Waals surface area contributed by atoms with Gasteiger partial charge < -0.3 is 5.11 Å². The summed E-state index contributed by atoms with van der Waals surface area (Å²) in [5.41, 5.74) is 2.26. The zero-order valence-electron chi connectivity index (χ0n) is 8.60. The minimum Gasteiger partial charge on any atom is -0.508 e. The van der Waals surface area contributed by atoms with Crippen molar-refractivity contribution >= 4 is 34.7 Å². The van der Waals surface area contributed by atoms with Crippen molar-refractivity contribution in [2.24, 2.45) is 0 Å². The highest BCUT2D eigenvalue weighted by Crippen LogP contribution is 2.14. The van der Waals surface area contributed by atoms with Crippen LogP contribution in [-0.4, -0.2) is 5.11 Å². The van der Waals surface area contributed by atoms with E-state index in [1.54, 1.807) is 12.1 Å². The van der Waals surface area contributed by atoms with Crippen LogP contribution >= 0.6 is 22.6 Å². The summed E-state index contributed by atoms with van der Waals surface area (Å²) < 4.78 is 1.23. The molecule has 0 aliphatic carbocycles. The van der Waals surface area contributed by atoms with Crippen molar-refractivity contribution in [1.82, 2.24) is 0 Å². The second-order valence-corrected chi connectivity index (χ2v) is 4.73. The van der Waals surface area contributed by atoms with Gasteiger partial charge in [-0.05, 0) is 58.0 Å². The van der Waals surface area contributed by atoms with Gasteiger partial charge in [-0.2, -0.15) is 0 Å². The molecule has 0 fully saturated rings. The maximum atomic E-state index is 9.15. The molecule has 1 nitrogen and oxygen atoms in total. The summed E-state index contributed by atoms with van der Waals surface area (Å²) in [6.45, 7) is 0. The molecule has 0 saturated heterocycles. The summed E-state index contributed by atoms with van der Waals surface area (Å²) in [7, 11) is 0. The fourth-order valence-electron chi connectivity index (χ4n) is 1.39. The number of aromatic hydroxyl groups is 1. The van der Waals surface area contributed by atoms with Gasteiger partial charge in [-0.25, -0.2) is 0 Å². The van der Waals surface area contributed by atoms with Crippen LogP contribution in [0.25, 0.3) is 12.2 Å². The topological polar surface area (TPSA) is 20.2 Å². The first kappa shape index (κ1) is 11.2. The highest BCUT2D eigenvalue weighted by molar-refractivity contribution is 14.1. The largest absolute Gasteiger partial charge is 0.508 e. The number of phenolic OH excluding ortho intramolecular Hbond substituents is 1. The SMILES string of the molecule is Oc1ccc(C=Cc2cccc(I)c2)cc1. The molecule has 0 amide bonds. The lowest BCUT2D eigenvalue weighted by Gasteiger charge is -1.96. The van der Waals surface area contributed by atoms with Gasteiger partial charge in [-0.1, -0.05) is 36.4 Å². The number of phenols is 1. The molecule has 0 aliphatic heterocycles. The van der Waals surface area contributed by atoms with Crippen molar-refractivity contribution in [2.75, 3.05) is 0 Å². The van der Waals surface area contributed by atoms with Gasteiger partial charge in [0.1, 0.15) is 5.75 Å². The van der Waals surface area contributed by atoms with Gasteiger partial charge >= 0.3 is 0 Å². The van der Waals surface area contributed by atoms with E-state index in [2.05, 4.69) is 46.9 Å². The third kappa shape index (κ3) is 3.10. The van der Waals surface area contributed by atoms with Gasteiger partial charge in [0.15, 0.2) is 0 Å². The number of hydrogen-bond acceptors (Lipinski definition) is 1. The minimum atomic E-state index is 0.298. The molecule has 2 aromatic carbocycles. The Morgan fingerprint density at radius 3 is 2.25 bits per heavy atom. The van der Waals surface area contributed by atoms with E-state index in [9.17, 15) is 0 Å². The number of rotatable bonds is 2. The van der Waals surface area contributed by atoms with E-state index in [1.807, 2.05) is 24.3 Å². The number of halogens is 1. The summed E-state index contributed by atoms with van der Waals surface area (Å²) in [4.78, 5) is 0. The zero-order chi connectivity index (χ0) is 11.4. The summed E-state index contributed by atoms with van der Waals surface area (Å²) >= 11 is 2.30. The van der Waals surface area contributed by atoms with E-state index in [-0.39, 0.29) is 0 Å². The molecular formula is C14H11IO. The molecule has 1 N–H and O–H groups in total. The van der Waals surface area contributed by atoms with Crippen LogP contribution in [0.4, 0.5) is 0 Å². The van der Waals surface area contributed by atoms with E-state index in [0.29, 0.717) is 5.75 Å². The molecule has 0 aliphatic rings. The third-order valence-electron chi connectivity index (χ3n) is 2.21. The molecule has 0 saturated carbocycles. The first-order valence-electron chi connectivity index (χ1n) is 4.97. The quantitative estimate of drug-likeness (QED) is 0.650. The van der Waals surface area contributed by atoms with Crippen molar-refractivity contribution in [3.63, 3.8) is 0 Å². The third-order valence-corrected chi connectivity index (χ3v) is 2.88. The van der Waals surface area contributed by atoms with Gasteiger partial charge in [0.05, 0.1) is 0 Å². The fraction of sp³-hybridized carbons (Fsp3) is 0. The molecule has 2 aromatic rings. The van der Waals surface area contributed by atoms with Crippen LogP contribution in [0.2, 0.25) is 0 Å². The Balaban J connectivity index is 2.18. The summed E-state index contributed by atoms with van der Waals surface area (Å²) in [6, 6.07) is 15.5. The van der Waals surface area contributed by atoms with Gasteiger partial charge in [0.25, 0.3) is 0 Å². The second kappa shape index (κ2) is 5.16. The van der Waals surface area contributed by atoms with E-state index < -0.39 is 0 Å². The molecule has 0 spiro atoms. The first-order valence-corrected chi connectivity index (χ1v) is 6.04. The Kier molecular flexibility index (Phi) is 3.62. The Hall–Kier alpha value is -1.29. The first-order chi connectivity index (χ1) is 7.74. The van der Waals surface area contributed by atoms with E-state index in [0.717, 1.165) is 5.56 Å². The molecule has 2 heteroatoms. The molecule has 0 radical (unpaired) electrons. The van der Waals surface area contributed by atoms with Crippen LogP contribution in [0.3, 0.4) is 0 Å². The molecule has 16 heavy (non-hydrogen) atoms. The molecule has 0 atom stereocenters. The average Bonchev–Trinajstić information content (AvgIpc) is 2.28. The summed E-state index contributed by atoms with van der Waals surface area (Å²) in [5.74, 6) is 0.298. The monoisotopic (exact) mass is 322 g/mol. The van der Waals surface area contributed by atoms with Crippen molar-refractivity contribution in [3.8, 4) is 5.75 Å². The van der Waals surface area contributed by atoms with Gasteiger partial charge in [0.2, 0.25) is 0 Å². The molecule has 80 valence electrons. The maximum absolute atomic E-state index is 9.15. The standard InChI is InChI=1S/C14H11IO/c15-13-3-1-2-12(10-13)5-4-11-6-8-14(16)9-7-11/h1-10,16H. The van der Waals surface area contributed by atoms with E-state index in [4.69, 9.17) is 5.11 Å². The zero-order valence-corrected chi connectivity index (χ0v) is 10.8. The molecule has 2 rings (SSSR count). The smallest absolute Gasteiger partial charge is 0.115 e. The van der Waals surface area contributed by atoms with Gasteiger partial charge in [0, 0.05) is 3.57 Å². The summed E-state index contributed by atoms with van der Waals surface area (Å²) in [6.07, 6.45) is 4.10. The average molecular weight is 322 g/mol. The van der Waals surface area contributed by atoms with Crippen LogP contribution in [0.15, 0.2) is 48.5 Å². The summed E-state index contributed by atoms with van der Waals surface area (Å²) in [5, 5.41) is 9.15. The van der Waals surface area contributed by atoms with E-state index in [1.165, 1.54) is 9.13 Å². The van der Waals surface area contributed by atoms with Crippen molar-refractivity contribution in [3.05, 3.63) is 63.2 Å². The normalized spacial score (nSPS) is 10.8. The molecule has 0 heterocycles. The Morgan fingerprint density at radius 1 is 0.875 bits per heavy atom. The van der Waals surface area contributed by atoms with Crippen molar-refractivity contribution in [1.29, 1.82) is 0 Å². The predicted octanol–water partition coefficient (Wildman–Crippen LogP) is 4.17. The molecule has 0 bridgehead atoms.